The van der Waals surface area contributed by atoms with Gasteiger partial charge in [-0.05, 0) is 40.5 Å². The first-order valence-electron chi connectivity index (χ1n) is 5.62. The van der Waals surface area contributed by atoms with Crippen molar-refractivity contribution in [3.8, 4) is 0 Å². The smallest absolute Gasteiger partial charge is 0.0598 e. The number of methoxy groups -OCH3 is 1. The van der Waals surface area contributed by atoms with E-state index in [9.17, 15) is 0 Å². The van der Waals surface area contributed by atoms with Crippen LogP contribution >= 0.6 is 0 Å². The summed E-state index contributed by atoms with van der Waals surface area (Å²) in [5, 5.41) is 0. The highest BCUT2D eigenvalue weighted by atomic mass is 16.5. The van der Waals surface area contributed by atoms with Crippen molar-refractivity contribution in [3.63, 3.8) is 0 Å². The summed E-state index contributed by atoms with van der Waals surface area (Å²) in [7, 11) is 1.77. The third-order valence-electron chi connectivity index (χ3n) is 2.19. The van der Waals surface area contributed by atoms with Gasteiger partial charge >= 0.3 is 0 Å². The van der Waals surface area contributed by atoms with Crippen LogP contribution in [0.2, 0.25) is 0 Å². The molecule has 0 amide bonds. The van der Waals surface area contributed by atoms with Crippen molar-refractivity contribution in [2.24, 2.45) is 0 Å². The van der Waals surface area contributed by atoms with E-state index in [1.54, 1.807) is 7.11 Å². The SMILES string of the molecule is COC(C)CCCCCOC(C)(C)C. The fourth-order valence-corrected chi connectivity index (χ4v) is 1.21. The Morgan fingerprint density at radius 1 is 1.07 bits per heavy atom. The van der Waals surface area contributed by atoms with Crippen LogP contribution in [0.4, 0.5) is 0 Å². The van der Waals surface area contributed by atoms with Crippen molar-refractivity contribution in [2.45, 2.75) is 65.1 Å². The van der Waals surface area contributed by atoms with E-state index in [1.165, 1.54) is 12.8 Å². The highest BCUT2D eigenvalue weighted by Crippen LogP contribution is 2.10. The second kappa shape index (κ2) is 7.24. The molecule has 1 atom stereocenters. The number of rotatable bonds is 7. The molecule has 2 heteroatoms. The Morgan fingerprint density at radius 3 is 2.21 bits per heavy atom. The topological polar surface area (TPSA) is 18.5 Å². The van der Waals surface area contributed by atoms with Crippen molar-refractivity contribution < 1.29 is 9.47 Å². The molecule has 0 rings (SSSR count). The summed E-state index contributed by atoms with van der Waals surface area (Å²) in [6.07, 6.45) is 5.20. The molecule has 0 spiro atoms. The zero-order chi connectivity index (χ0) is 11.0. The lowest BCUT2D eigenvalue weighted by Crippen LogP contribution is -2.19. The predicted octanol–water partition coefficient (Wildman–Crippen LogP) is 3.40. The van der Waals surface area contributed by atoms with Gasteiger partial charge in [0.1, 0.15) is 0 Å². The van der Waals surface area contributed by atoms with E-state index in [1.807, 2.05) is 0 Å². The number of ether oxygens (including phenoxy) is 2. The molecule has 0 aliphatic heterocycles. The molecule has 0 aliphatic rings. The number of hydrogen-bond acceptors (Lipinski definition) is 2. The zero-order valence-corrected chi connectivity index (χ0v) is 10.4. The molecule has 0 N–H and O–H groups in total. The highest BCUT2D eigenvalue weighted by molar-refractivity contribution is 4.58. The van der Waals surface area contributed by atoms with Gasteiger partial charge < -0.3 is 9.47 Å². The second-order valence-electron chi connectivity index (χ2n) is 4.86. The van der Waals surface area contributed by atoms with Gasteiger partial charge in [0.25, 0.3) is 0 Å². The summed E-state index contributed by atoms with van der Waals surface area (Å²) in [6.45, 7) is 9.29. The van der Waals surface area contributed by atoms with Gasteiger partial charge in [0, 0.05) is 13.7 Å². The maximum atomic E-state index is 5.63. The molecule has 0 saturated heterocycles. The molecule has 0 heterocycles. The van der Waals surface area contributed by atoms with E-state index in [0.29, 0.717) is 6.10 Å². The fraction of sp³-hybridized carbons (Fsp3) is 1.00. The molecule has 86 valence electrons. The van der Waals surface area contributed by atoms with Crippen LogP contribution in [0.1, 0.15) is 53.4 Å². The Labute approximate surface area is 89.0 Å². The minimum Gasteiger partial charge on any atom is -0.382 e. The van der Waals surface area contributed by atoms with Crippen molar-refractivity contribution >= 4 is 0 Å². The zero-order valence-electron chi connectivity index (χ0n) is 10.4. The van der Waals surface area contributed by atoms with Crippen molar-refractivity contribution in [1.82, 2.24) is 0 Å². The van der Waals surface area contributed by atoms with E-state index in [2.05, 4.69) is 27.7 Å². The number of hydrogen-bond donors (Lipinski definition) is 0. The van der Waals surface area contributed by atoms with E-state index < -0.39 is 0 Å². The maximum absolute atomic E-state index is 5.63. The maximum Gasteiger partial charge on any atom is 0.0598 e. The average molecular weight is 202 g/mol. The second-order valence-corrected chi connectivity index (χ2v) is 4.86. The van der Waals surface area contributed by atoms with Crippen LogP contribution in [0, 0.1) is 0 Å². The highest BCUT2D eigenvalue weighted by Gasteiger charge is 2.08. The Kier molecular flexibility index (Phi) is 7.20. The van der Waals surface area contributed by atoms with Crippen molar-refractivity contribution in [1.29, 1.82) is 0 Å². The van der Waals surface area contributed by atoms with Gasteiger partial charge in [0.05, 0.1) is 11.7 Å². The minimum absolute atomic E-state index is 0.0137. The Balaban J connectivity index is 3.14. The lowest BCUT2D eigenvalue weighted by Gasteiger charge is -2.19. The number of unbranched alkanes of at least 4 members (excludes halogenated alkanes) is 2. The molecule has 0 aromatic rings. The first-order valence-corrected chi connectivity index (χ1v) is 5.62. The molecule has 0 aromatic carbocycles. The van der Waals surface area contributed by atoms with Crippen molar-refractivity contribution in [3.05, 3.63) is 0 Å². The average Bonchev–Trinajstić information content (AvgIpc) is 2.08. The van der Waals surface area contributed by atoms with Gasteiger partial charge in [-0.1, -0.05) is 12.8 Å². The summed E-state index contributed by atoms with van der Waals surface area (Å²) in [5.74, 6) is 0. The first kappa shape index (κ1) is 13.9. The first-order chi connectivity index (χ1) is 6.45. The predicted molar refractivity (Wildman–Crippen MR) is 60.6 cm³/mol. The summed E-state index contributed by atoms with van der Waals surface area (Å²) < 4.78 is 10.8. The van der Waals surface area contributed by atoms with Gasteiger partial charge in [0.2, 0.25) is 0 Å². The molecular formula is C12H26O2. The normalized spacial score (nSPS) is 14.4. The molecule has 0 bridgehead atoms. The van der Waals surface area contributed by atoms with Crippen LogP contribution in [0.3, 0.4) is 0 Å². The molecular weight excluding hydrogens is 176 g/mol. The van der Waals surface area contributed by atoms with Gasteiger partial charge in [0.15, 0.2) is 0 Å². The monoisotopic (exact) mass is 202 g/mol. The van der Waals surface area contributed by atoms with E-state index in [-0.39, 0.29) is 5.60 Å². The van der Waals surface area contributed by atoms with Gasteiger partial charge in [-0.15, -0.1) is 0 Å². The molecule has 1 unspecified atom stereocenters. The lowest BCUT2D eigenvalue weighted by atomic mass is 10.1. The summed E-state index contributed by atoms with van der Waals surface area (Å²) in [4.78, 5) is 0. The third-order valence-corrected chi connectivity index (χ3v) is 2.19. The lowest BCUT2D eigenvalue weighted by molar-refractivity contribution is -0.00509. The molecule has 2 nitrogen and oxygen atoms in total. The summed E-state index contributed by atoms with van der Waals surface area (Å²) >= 11 is 0. The van der Waals surface area contributed by atoms with Crippen LogP contribution < -0.4 is 0 Å². The quantitative estimate of drug-likeness (QED) is 0.589. The molecule has 0 aromatic heterocycles. The van der Waals surface area contributed by atoms with E-state index in [4.69, 9.17) is 9.47 Å². The van der Waals surface area contributed by atoms with Crippen LogP contribution in [0.5, 0.6) is 0 Å². The van der Waals surface area contributed by atoms with E-state index >= 15 is 0 Å². The van der Waals surface area contributed by atoms with Gasteiger partial charge in [-0.2, -0.15) is 0 Å². The van der Waals surface area contributed by atoms with Crippen LogP contribution in [-0.2, 0) is 9.47 Å². The fourth-order valence-electron chi connectivity index (χ4n) is 1.21. The standard InChI is InChI=1S/C12H26O2/c1-11(13-5)9-7-6-8-10-14-12(2,3)4/h11H,6-10H2,1-5H3. The van der Waals surface area contributed by atoms with Gasteiger partial charge in [-0.25, -0.2) is 0 Å². The Bertz CT molecular complexity index is 127. The molecule has 0 saturated carbocycles. The largest absolute Gasteiger partial charge is 0.382 e. The van der Waals surface area contributed by atoms with Crippen LogP contribution in [-0.4, -0.2) is 25.4 Å². The molecule has 0 radical (unpaired) electrons. The Hall–Kier alpha value is -0.0800. The Morgan fingerprint density at radius 2 is 1.71 bits per heavy atom. The molecule has 14 heavy (non-hydrogen) atoms. The summed E-state index contributed by atoms with van der Waals surface area (Å²) in [6, 6.07) is 0. The molecule has 0 aliphatic carbocycles. The molecule has 0 fully saturated rings. The summed E-state index contributed by atoms with van der Waals surface area (Å²) in [5.41, 5.74) is 0.0137. The van der Waals surface area contributed by atoms with Gasteiger partial charge in [-0.3, -0.25) is 0 Å². The van der Waals surface area contributed by atoms with E-state index in [0.717, 1.165) is 19.4 Å². The third kappa shape index (κ3) is 10.0. The van der Waals surface area contributed by atoms with Crippen molar-refractivity contribution in [2.75, 3.05) is 13.7 Å². The minimum atomic E-state index is 0.0137. The van der Waals surface area contributed by atoms with Crippen LogP contribution in [0.25, 0.3) is 0 Å². The van der Waals surface area contributed by atoms with Crippen LogP contribution in [0.15, 0.2) is 0 Å².